The molecule has 0 bridgehead atoms. The molecule has 0 aliphatic heterocycles. The van der Waals surface area contributed by atoms with Crippen molar-refractivity contribution in [3.05, 3.63) is 75.9 Å². The smallest absolute Gasteiger partial charge is 0.303 e. The van der Waals surface area contributed by atoms with Gasteiger partial charge >= 0.3 is 5.97 Å². The van der Waals surface area contributed by atoms with Crippen molar-refractivity contribution in [1.29, 1.82) is 0 Å². The molecule has 0 saturated carbocycles. The van der Waals surface area contributed by atoms with Gasteiger partial charge in [-0.2, -0.15) is 0 Å². The first-order valence-corrected chi connectivity index (χ1v) is 9.44. The molecule has 0 saturated heterocycles. The first-order valence-electron chi connectivity index (χ1n) is 8.65. The van der Waals surface area contributed by atoms with Crippen LogP contribution in [0.5, 0.6) is 0 Å². The van der Waals surface area contributed by atoms with E-state index in [0.717, 1.165) is 21.0 Å². The summed E-state index contributed by atoms with van der Waals surface area (Å²) in [4.78, 5) is 27.5. The maximum absolute atomic E-state index is 12.6. The van der Waals surface area contributed by atoms with E-state index in [2.05, 4.69) is 26.2 Å². The number of benzene rings is 2. The van der Waals surface area contributed by atoms with E-state index in [1.165, 1.54) is 0 Å². The van der Waals surface area contributed by atoms with Gasteiger partial charge in [-0.3, -0.25) is 14.6 Å². The standard InChI is InChI=1S/C21H19BrN2O3/c22-17-12-16-2-1-10-23-20(16)18(13-17)21(27)24-11-9-15-5-3-14(4-6-15)7-8-19(25)26/h1-6,10,12-13H,7-9,11H2,(H,24,27)(H,25,26). The quantitative estimate of drug-likeness (QED) is 0.598. The van der Waals surface area contributed by atoms with Crippen molar-refractivity contribution in [2.45, 2.75) is 19.3 Å². The molecule has 0 spiro atoms. The second-order valence-electron chi connectivity index (χ2n) is 6.24. The number of aryl methyl sites for hydroxylation is 1. The van der Waals surface area contributed by atoms with Gasteiger partial charge in [0.05, 0.1) is 11.1 Å². The molecule has 1 heterocycles. The van der Waals surface area contributed by atoms with Gasteiger partial charge in [0, 0.05) is 29.0 Å². The third-order valence-corrected chi connectivity index (χ3v) is 4.72. The Bertz CT molecular complexity index is 971. The van der Waals surface area contributed by atoms with E-state index in [-0.39, 0.29) is 12.3 Å². The normalized spacial score (nSPS) is 10.7. The molecule has 138 valence electrons. The maximum Gasteiger partial charge on any atom is 0.303 e. The predicted molar refractivity (Wildman–Crippen MR) is 108 cm³/mol. The van der Waals surface area contributed by atoms with Crippen LogP contribution in [0.3, 0.4) is 0 Å². The number of carbonyl (C=O) groups is 2. The van der Waals surface area contributed by atoms with E-state index in [1.807, 2.05) is 42.5 Å². The number of halogens is 1. The summed E-state index contributed by atoms with van der Waals surface area (Å²) in [6, 6.07) is 15.3. The van der Waals surface area contributed by atoms with Gasteiger partial charge in [-0.15, -0.1) is 0 Å². The van der Waals surface area contributed by atoms with Crippen LogP contribution in [-0.2, 0) is 17.6 Å². The van der Waals surface area contributed by atoms with Crippen LogP contribution in [0.25, 0.3) is 10.9 Å². The summed E-state index contributed by atoms with van der Waals surface area (Å²) < 4.78 is 0.838. The zero-order valence-electron chi connectivity index (χ0n) is 14.6. The summed E-state index contributed by atoms with van der Waals surface area (Å²) in [6.07, 6.45) is 3.03. The molecule has 3 aromatic rings. The fourth-order valence-electron chi connectivity index (χ4n) is 2.87. The minimum Gasteiger partial charge on any atom is -0.481 e. The summed E-state index contributed by atoms with van der Waals surface area (Å²) >= 11 is 3.44. The molecule has 0 aliphatic rings. The molecule has 1 amide bonds. The average Bonchev–Trinajstić information content (AvgIpc) is 2.66. The first kappa shape index (κ1) is 19.0. The van der Waals surface area contributed by atoms with Crippen molar-refractivity contribution in [2.24, 2.45) is 0 Å². The van der Waals surface area contributed by atoms with Crippen LogP contribution in [0.15, 0.2) is 59.2 Å². The maximum atomic E-state index is 12.6. The Hall–Kier alpha value is -2.73. The van der Waals surface area contributed by atoms with E-state index in [1.54, 1.807) is 12.3 Å². The molecular weight excluding hydrogens is 408 g/mol. The number of nitrogens with one attached hydrogen (secondary N) is 1. The van der Waals surface area contributed by atoms with Crippen molar-refractivity contribution in [3.8, 4) is 0 Å². The molecule has 2 N–H and O–H groups in total. The van der Waals surface area contributed by atoms with Crippen molar-refractivity contribution in [2.75, 3.05) is 6.54 Å². The van der Waals surface area contributed by atoms with Crippen molar-refractivity contribution < 1.29 is 14.7 Å². The Morgan fingerprint density at radius 3 is 2.44 bits per heavy atom. The van der Waals surface area contributed by atoms with Crippen LogP contribution in [0.4, 0.5) is 0 Å². The van der Waals surface area contributed by atoms with Gasteiger partial charge in [0.2, 0.25) is 0 Å². The number of pyridine rings is 1. The SMILES string of the molecule is O=C(O)CCc1ccc(CCNC(=O)c2cc(Br)cc3cccnc23)cc1. The molecular formula is C21H19BrN2O3. The zero-order valence-corrected chi connectivity index (χ0v) is 16.2. The minimum atomic E-state index is -0.795. The third-order valence-electron chi connectivity index (χ3n) is 4.26. The van der Waals surface area contributed by atoms with Gasteiger partial charge in [0.25, 0.3) is 5.91 Å². The molecule has 1 aromatic heterocycles. The van der Waals surface area contributed by atoms with E-state index in [9.17, 15) is 9.59 Å². The zero-order chi connectivity index (χ0) is 19.2. The van der Waals surface area contributed by atoms with Crippen molar-refractivity contribution in [1.82, 2.24) is 10.3 Å². The predicted octanol–water partition coefficient (Wildman–Crippen LogP) is 3.99. The molecule has 27 heavy (non-hydrogen) atoms. The highest BCUT2D eigenvalue weighted by atomic mass is 79.9. The van der Waals surface area contributed by atoms with E-state index >= 15 is 0 Å². The Balaban J connectivity index is 1.59. The van der Waals surface area contributed by atoms with Gasteiger partial charge < -0.3 is 10.4 Å². The van der Waals surface area contributed by atoms with Crippen LogP contribution in [-0.4, -0.2) is 28.5 Å². The Morgan fingerprint density at radius 1 is 1.04 bits per heavy atom. The fourth-order valence-corrected chi connectivity index (χ4v) is 3.34. The second kappa shape index (κ2) is 8.77. The number of rotatable bonds is 7. The number of aromatic nitrogens is 1. The largest absolute Gasteiger partial charge is 0.481 e. The third kappa shape index (κ3) is 5.14. The van der Waals surface area contributed by atoms with Crippen LogP contribution < -0.4 is 5.32 Å². The second-order valence-corrected chi connectivity index (χ2v) is 7.16. The van der Waals surface area contributed by atoms with Crippen molar-refractivity contribution in [3.63, 3.8) is 0 Å². The van der Waals surface area contributed by atoms with Crippen LogP contribution in [0, 0.1) is 0 Å². The lowest BCUT2D eigenvalue weighted by atomic mass is 10.1. The van der Waals surface area contributed by atoms with Crippen LogP contribution >= 0.6 is 15.9 Å². The molecule has 0 aliphatic carbocycles. The number of carboxylic acids is 1. The lowest BCUT2D eigenvalue weighted by molar-refractivity contribution is -0.136. The Morgan fingerprint density at radius 2 is 1.74 bits per heavy atom. The number of carbonyl (C=O) groups excluding carboxylic acids is 1. The van der Waals surface area contributed by atoms with Gasteiger partial charge in [-0.25, -0.2) is 0 Å². The van der Waals surface area contributed by atoms with E-state index in [0.29, 0.717) is 30.5 Å². The minimum absolute atomic E-state index is 0.129. The van der Waals surface area contributed by atoms with Gasteiger partial charge in [0.1, 0.15) is 0 Å². The number of hydrogen-bond donors (Lipinski definition) is 2. The molecule has 0 unspecified atom stereocenters. The summed E-state index contributed by atoms with van der Waals surface area (Å²) in [6.45, 7) is 0.508. The number of aliphatic carboxylic acids is 1. The van der Waals surface area contributed by atoms with Crippen LogP contribution in [0.2, 0.25) is 0 Å². The molecule has 0 fully saturated rings. The topological polar surface area (TPSA) is 79.3 Å². The summed E-state index contributed by atoms with van der Waals surface area (Å²) in [5.74, 6) is -0.950. The van der Waals surface area contributed by atoms with Gasteiger partial charge in [-0.05, 0) is 42.2 Å². The summed E-state index contributed by atoms with van der Waals surface area (Å²) in [5, 5.41) is 12.6. The highest BCUT2D eigenvalue weighted by molar-refractivity contribution is 9.10. The highest BCUT2D eigenvalue weighted by Gasteiger charge is 2.12. The highest BCUT2D eigenvalue weighted by Crippen LogP contribution is 2.22. The van der Waals surface area contributed by atoms with E-state index < -0.39 is 5.97 Å². The number of nitrogens with zero attached hydrogens (tertiary/aromatic N) is 1. The summed E-state index contributed by atoms with van der Waals surface area (Å²) in [7, 11) is 0. The first-order chi connectivity index (χ1) is 13.0. The molecule has 3 rings (SSSR count). The number of hydrogen-bond acceptors (Lipinski definition) is 3. The number of fused-ring (bicyclic) bond motifs is 1. The molecule has 0 atom stereocenters. The van der Waals surface area contributed by atoms with Crippen molar-refractivity contribution >= 4 is 38.7 Å². The summed E-state index contributed by atoms with van der Waals surface area (Å²) in [5.41, 5.74) is 3.31. The molecule has 0 radical (unpaired) electrons. The van der Waals surface area contributed by atoms with Gasteiger partial charge in [0.15, 0.2) is 0 Å². The average molecular weight is 427 g/mol. The number of amides is 1. The molecule has 5 nitrogen and oxygen atoms in total. The lowest BCUT2D eigenvalue weighted by Gasteiger charge is -2.09. The molecule has 6 heteroatoms. The fraction of sp³-hybridized carbons (Fsp3) is 0.190. The van der Waals surface area contributed by atoms with E-state index in [4.69, 9.17) is 5.11 Å². The Kier molecular flexibility index (Phi) is 6.19. The van der Waals surface area contributed by atoms with Crippen LogP contribution in [0.1, 0.15) is 27.9 Å². The lowest BCUT2D eigenvalue weighted by Crippen LogP contribution is -2.26. The molecule has 2 aromatic carbocycles. The Labute approximate surface area is 165 Å². The monoisotopic (exact) mass is 426 g/mol. The van der Waals surface area contributed by atoms with Gasteiger partial charge in [-0.1, -0.05) is 46.3 Å². The number of carboxylic acid groups (broad SMARTS) is 1.